The average Bonchev–Trinajstić information content (AvgIpc) is 2.28. The number of anilines is 1. The van der Waals surface area contributed by atoms with Crippen LogP contribution in [0.15, 0.2) is 22.7 Å². The standard InChI is InChI=1S/C14H20BrFN2/c1-10(2)17-12-4-3-7-18(9-12)14-6-5-11(15)8-13(14)16/h5-6,8,10,12,17H,3-4,7,9H2,1-2H3. The summed E-state index contributed by atoms with van der Waals surface area (Å²) >= 11 is 3.29. The second-order valence-electron chi connectivity index (χ2n) is 5.20. The first-order valence-electron chi connectivity index (χ1n) is 6.52. The average molecular weight is 315 g/mol. The molecular weight excluding hydrogens is 295 g/mol. The van der Waals surface area contributed by atoms with Crippen molar-refractivity contribution >= 4 is 21.6 Å². The molecule has 0 radical (unpaired) electrons. The molecule has 1 aliphatic rings. The third-order valence-electron chi connectivity index (χ3n) is 3.24. The largest absolute Gasteiger partial charge is 0.368 e. The van der Waals surface area contributed by atoms with Gasteiger partial charge < -0.3 is 10.2 Å². The zero-order valence-electron chi connectivity index (χ0n) is 10.9. The van der Waals surface area contributed by atoms with Crippen LogP contribution in [0.25, 0.3) is 0 Å². The van der Waals surface area contributed by atoms with Gasteiger partial charge in [0.25, 0.3) is 0 Å². The van der Waals surface area contributed by atoms with Crippen molar-refractivity contribution in [1.82, 2.24) is 5.32 Å². The van der Waals surface area contributed by atoms with Gasteiger partial charge in [-0.2, -0.15) is 0 Å². The van der Waals surface area contributed by atoms with Crippen molar-refractivity contribution in [3.8, 4) is 0 Å². The minimum absolute atomic E-state index is 0.144. The van der Waals surface area contributed by atoms with E-state index in [2.05, 4.69) is 40.0 Å². The minimum Gasteiger partial charge on any atom is -0.368 e. The van der Waals surface area contributed by atoms with E-state index in [4.69, 9.17) is 0 Å². The molecule has 0 bridgehead atoms. The molecule has 18 heavy (non-hydrogen) atoms. The van der Waals surface area contributed by atoms with Crippen molar-refractivity contribution in [3.63, 3.8) is 0 Å². The zero-order valence-corrected chi connectivity index (χ0v) is 12.5. The Morgan fingerprint density at radius 3 is 2.89 bits per heavy atom. The molecule has 0 aliphatic carbocycles. The Hall–Kier alpha value is -0.610. The number of rotatable bonds is 3. The van der Waals surface area contributed by atoms with Crippen molar-refractivity contribution in [2.24, 2.45) is 0 Å². The van der Waals surface area contributed by atoms with E-state index in [1.807, 2.05) is 12.1 Å². The van der Waals surface area contributed by atoms with Gasteiger partial charge in [-0.05, 0) is 31.0 Å². The van der Waals surface area contributed by atoms with Crippen LogP contribution < -0.4 is 10.2 Å². The molecule has 2 nitrogen and oxygen atoms in total. The summed E-state index contributed by atoms with van der Waals surface area (Å²) in [5.41, 5.74) is 0.716. The lowest BCUT2D eigenvalue weighted by atomic mass is 10.0. The second-order valence-corrected chi connectivity index (χ2v) is 6.12. The minimum atomic E-state index is -0.144. The van der Waals surface area contributed by atoms with Gasteiger partial charge in [0.05, 0.1) is 5.69 Å². The van der Waals surface area contributed by atoms with Crippen LogP contribution in [0.2, 0.25) is 0 Å². The lowest BCUT2D eigenvalue weighted by molar-refractivity contribution is 0.392. The maximum atomic E-state index is 13.9. The second kappa shape index (κ2) is 6.02. The summed E-state index contributed by atoms with van der Waals surface area (Å²) in [6.07, 6.45) is 2.28. The highest BCUT2D eigenvalue weighted by molar-refractivity contribution is 9.10. The highest BCUT2D eigenvalue weighted by Gasteiger charge is 2.22. The molecule has 0 spiro atoms. The topological polar surface area (TPSA) is 15.3 Å². The summed E-state index contributed by atoms with van der Waals surface area (Å²) in [7, 11) is 0. The first-order valence-corrected chi connectivity index (χ1v) is 7.31. The van der Waals surface area contributed by atoms with Crippen LogP contribution in [0.5, 0.6) is 0 Å². The number of piperidine rings is 1. The summed E-state index contributed by atoms with van der Waals surface area (Å²) in [6, 6.07) is 6.23. The quantitative estimate of drug-likeness (QED) is 0.917. The van der Waals surface area contributed by atoms with Crippen LogP contribution in [-0.4, -0.2) is 25.2 Å². The number of hydrogen-bond acceptors (Lipinski definition) is 2. The van der Waals surface area contributed by atoms with Crippen molar-refractivity contribution < 1.29 is 4.39 Å². The lowest BCUT2D eigenvalue weighted by Crippen LogP contribution is -2.48. The Morgan fingerprint density at radius 2 is 2.22 bits per heavy atom. The third kappa shape index (κ3) is 3.45. The Labute approximate surface area is 117 Å². The predicted molar refractivity (Wildman–Crippen MR) is 77.6 cm³/mol. The van der Waals surface area contributed by atoms with Gasteiger partial charge in [0, 0.05) is 29.6 Å². The highest BCUT2D eigenvalue weighted by Crippen LogP contribution is 2.26. The van der Waals surface area contributed by atoms with Gasteiger partial charge in [-0.25, -0.2) is 4.39 Å². The summed E-state index contributed by atoms with van der Waals surface area (Å²) in [5, 5.41) is 3.54. The fraction of sp³-hybridized carbons (Fsp3) is 0.571. The number of nitrogens with one attached hydrogen (secondary N) is 1. The molecular formula is C14H20BrFN2. The molecule has 1 aromatic carbocycles. The Kier molecular flexibility index (Phi) is 4.62. The van der Waals surface area contributed by atoms with Crippen LogP contribution in [0.3, 0.4) is 0 Å². The number of benzene rings is 1. The fourth-order valence-corrected chi connectivity index (χ4v) is 2.87. The Morgan fingerprint density at radius 1 is 1.44 bits per heavy atom. The number of halogens is 2. The van der Waals surface area contributed by atoms with Crippen molar-refractivity contribution in [2.45, 2.75) is 38.8 Å². The highest BCUT2D eigenvalue weighted by atomic mass is 79.9. The van der Waals surface area contributed by atoms with E-state index >= 15 is 0 Å². The summed E-state index contributed by atoms with van der Waals surface area (Å²) in [5.74, 6) is -0.144. The van der Waals surface area contributed by atoms with E-state index in [9.17, 15) is 4.39 Å². The van der Waals surface area contributed by atoms with Gasteiger partial charge in [0.1, 0.15) is 5.82 Å². The smallest absolute Gasteiger partial charge is 0.147 e. The molecule has 1 heterocycles. The fourth-order valence-electron chi connectivity index (χ4n) is 2.54. The van der Waals surface area contributed by atoms with Crippen LogP contribution in [0.4, 0.5) is 10.1 Å². The first-order chi connectivity index (χ1) is 8.56. The van der Waals surface area contributed by atoms with E-state index < -0.39 is 0 Å². The van der Waals surface area contributed by atoms with Gasteiger partial charge >= 0.3 is 0 Å². The summed E-state index contributed by atoms with van der Waals surface area (Å²) in [4.78, 5) is 2.14. The van der Waals surface area contributed by atoms with Gasteiger partial charge in [-0.1, -0.05) is 29.8 Å². The molecule has 1 atom stereocenters. The molecule has 0 aromatic heterocycles. The lowest BCUT2D eigenvalue weighted by Gasteiger charge is -2.36. The van der Waals surface area contributed by atoms with E-state index in [0.29, 0.717) is 17.8 Å². The SMILES string of the molecule is CC(C)NC1CCCN(c2ccc(Br)cc2F)C1. The molecule has 1 fully saturated rings. The van der Waals surface area contributed by atoms with Crippen LogP contribution in [0, 0.1) is 5.82 Å². The molecule has 100 valence electrons. The van der Waals surface area contributed by atoms with E-state index in [-0.39, 0.29) is 5.82 Å². The monoisotopic (exact) mass is 314 g/mol. The van der Waals surface area contributed by atoms with Crippen molar-refractivity contribution in [1.29, 1.82) is 0 Å². The molecule has 1 N–H and O–H groups in total. The maximum absolute atomic E-state index is 13.9. The van der Waals surface area contributed by atoms with E-state index in [0.717, 1.165) is 24.0 Å². The van der Waals surface area contributed by atoms with Gasteiger partial charge in [0.2, 0.25) is 0 Å². The van der Waals surface area contributed by atoms with Crippen LogP contribution in [-0.2, 0) is 0 Å². The number of hydrogen-bond donors (Lipinski definition) is 1. The normalized spacial score (nSPS) is 20.5. The molecule has 1 saturated heterocycles. The first kappa shape index (κ1) is 13.8. The summed E-state index contributed by atoms with van der Waals surface area (Å²) in [6.45, 7) is 6.13. The van der Waals surface area contributed by atoms with E-state index in [1.165, 1.54) is 12.5 Å². The molecule has 0 saturated carbocycles. The molecule has 4 heteroatoms. The number of nitrogens with zero attached hydrogens (tertiary/aromatic N) is 1. The van der Waals surface area contributed by atoms with Gasteiger partial charge in [-0.3, -0.25) is 0 Å². The predicted octanol–water partition coefficient (Wildman–Crippen LogP) is 3.56. The van der Waals surface area contributed by atoms with Gasteiger partial charge in [-0.15, -0.1) is 0 Å². The molecule has 1 unspecified atom stereocenters. The van der Waals surface area contributed by atoms with Crippen LogP contribution in [0.1, 0.15) is 26.7 Å². The van der Waals surface area contributed by atoms with E-state index in [1.54, 1.807) is 0 Å². The molecule has 1 aromatic rings. The van der Waals surface area contributed by atoms with Gasteiger partial charge in [0.15, 0.2) is 0 Å². The van der Waals surface area contributed by atoms with Crippen molar-refractivity contribution in [2.75, 3.05) is 18.0 Å². The van der Waals surface area contributed by atoms with Crippen LogP contribution >= 0.6 is 15.9 Å². The zero-order chi connectivity index (χ0) is 13.1. The molecule has 2 rings (SSSR count). The summed E-state index contributed by atoms with van der Waals surface area (Å²) < 4.78 is 14.7. The Balaban J connectivity index is 2.08. The van der Waals surface area contributed by atoms with Crippen molar-refractivity contribution in [3.05, 3.63) is 28.5 Å². The third-order valence-corrected chi connectivity index (χ3v) is 3.73. The molecule has 1 aliphatic heterocycles. The maximum Gasteiger partial charge on any atom is 0.147 e. The molecule has 0 amide bonds. The Bertz CT molecular complexity index is 409.